The van der Waals surface area contributed by atoms with E-state index >= 15 is 0 Å². The molecule has 0 aliphatic carbocycles. The second-order valence-electron chi connectivity index (χ2n) is 7.21. The molecule has 4 rings (SSSR count). The van der Waals surface area contributed by atoms with Crippen LogP contribution in [0.4, 0.5) is 0 Å². The Labute approximate surface area is 170 Å². The molecule has 1 saturated heterocycles. The fourth-order valence-corrected chi connectivity index (χ4v) is 3.48. The predicted molar refractivity (Wildman–Crippen MR) is 111 cm³/mol. The number of para-hydroxylation sites is 1. The van der Waals surface area contributed by atoms with Crippen molar-refractivity contribution in [2.75, 3.05) is 13.1 Å². The lowest BCUT2D eigenvalue weighted by atomic mass is 10.1. The van der Waals surface area contributed by atoms with Gasteiger partial charge in [0, 0.05) is 44.2 Å². The molecule has 0 atom stereocenters. The highest BCUT2D eigenvalue weighted by Gasteiger charge is 2.20. The topological polar surface area (TPSA) is 67.2 Å². The van der Waals surface area contributed by atoms with Crippen LogP contribution in [0.5, 0.6) is 0 Å². The van der Waals surface area contributed by atoms with Crippen LogP contribution in [0.25, 0.3) is 5.69 Å². The zero-order chi connectivity index (χ0) is 20.1. The monoisotopic (exact) mass is 388 g/mol. The fraction of sp³-hybridized carbons (Fsp3) is 0.261. The molecule has 0 saturated carbocycles. The second-order valence-corrected chi connectivity index (χ2v) is 7.21. The summed E-state index contributed by atoms with van der Waals surface area (Å²) in [6.45, 7) is 1.96. The molecule has 0 unspecified atom stereocenters. The molecule has 1 aliphatic rings. The molecule has 6 nitrogen and oxygen atoms in total. The third-order valence-electron chi connectivity index (χ3n) is 5.09. The Balaban J connectivity index is 1.26. The largest absolute Gasteiger partial charge is 0.352 e. The Morgan fingerprint density at radius 3 is 2.55 bits per heavy atom. The minimum absolute atomic E-state index is 0.101. The van der Waals surface area contributed by atoms with E-state index in [9.17, 15) is 9.59 Å². The SMILES string of the molecule is O=C(NCCc1ccn(-c2ccccc2)n1)c1ccc(CN2CCCC2=O)cc1. The average molecular weight is 388 g/mol. The molecule has 29 heavy (non-hydrogen) atoms. The summed E-state index contributed by atoms with van der Waals surface area (Å²) in [4.78, 5) is 26.0. The summed E-state index contributed by atoms with van der Waals surface area (Å²) < 4.78 is 1.83. The zero-order valence-corrected chi connectivity index (χ0v) is 16.3. The minimum atomic E-state index is -0.101. The zero-order valence-electron chi connectivity index (χ0n) is 16.3. The van der Waals surface area contributed by atoms with Crippen molar-refractivity contribution in [3.63, 3.8) is 0 Å². The number of nitrogens with zero attached hydrogens (tertiary/aromatic N) is 3. The van der Waals surface area contributed by atoms with E-state index in [1.807, 2.05) is 76.4 Å². The first-order chi connectivity index (χ1) is 14.2. The standard InChI is InChI=1S/C23H24N4O2/c28-22-7-4-15-26(22)17-18-8-10-19(11-9-18)23(29)24-14-12-20-13-16-27(25-20)21-5-2-1-3-6-21/h1-3,5-6,8-11,13,16H,4,7,12,14-15,17H2,(H,24,29). The van der Waals surface area contributed by atoms with Gasteiger partial charge in [-0.05, 0) is 42.3 Å². The molecule has 0 radical (unpaired) electrons. The fourth-order valence-electron chi connectivity index (χ4n) is 3.48. The lowest BCUT2D eigenvalue weighted by Crippen LogP contribution is -2.26. The second kappa shape index (κ2) is 8.73. The Hall–Kier alpha value is -3.41. The highest BCUT2D eigenvalue weighted by molar-refractivity contribution is 5.94. The Morgan fingerprint density at radius 2 is 1.83 bits per heavy atom. The summed E-state index contributed by atoms with van der Waals surface area (Å²) >= 11 is 0. The third kappa shape index (κ3) is 4.71. The smallest absolute Gasteiger partial charge is 0.251 e. The number of carbonyl (C=O) groups is 2. The summed E-state index contributed by atoms with van der Waals surface area (Å²) in [6, 6.07) is 19.4. The van der Waals surface area contributed by atoms with Crippen molar-refractivity contribution in [3.05, 3.63) is 83.7 Å². The van der Waals surface area contributed by atoms with E-state index in [4.69, 9.17) is 0 Å². The van der Waals surface area contributed by atoms with Crippen molar-refractivity contribution < 1.29 is 9.59 Å². The highest BCUT2D eigenvalue weighted by Crippen LogP contribution is 2.15. The van der Waals surface area contributed by atoms with Crippen molar-refractivity contribution >= 4 is 11.8 Å². The van der Waals surface area contributed by atoms with Gasteiger partial charge in [0.15, 0.2) is 0 Å². The maximum Gasteiger partial charge on any atom is 0.251 e. The first-order valence-corrected chi connectivity index (χ1v) is 9.94. The van der Waals surface area contributed by atoms with E-state index in [0.29, 0.717) is 31.5 Å². The molecule has 1 aliphatic heterocycles. The number of benzene rings is 2. The van der Waals surface area contributed by atoms with Crippen LogP contribution in [-0.4, -0.2) is 39.6 Å². The quantitative estimate of drug-likeness (QED) is 0.677. The van der Waals surface area contributed by atoms with Crippen molar-refractivity contribution in [1.82, 2.24) is 20.0 Å². The van der Waals surface area contributed by atoms with Crippen LogP contribution in [0.2, 0.25) is 0 Å². The third-order valence-corrected chi connectivity index (χ3v) is 5.09. The van der Waals surface area contributed by atoms with Gasteiger partial charge in [-0.3, -0.25) is 9.59 Å². The van der Waals surface area contributed by atoms with Gasteiger partial charge >= 0.3 is 0 Å². The van der Waals surface area contributed by atoms with Gasteiger partial charge in [-0.1, -0.05) is 30.3 Å². The Morgan fingerprint density at radius 1 is 1.03 bits per heavy atom. The van der Waals surface area contributed by atoms with Gasteiger partial charge in [0.2, 0.25) is 5.91 Å². The first-order valence-electron chi connectivity index (χ1n) is 9.94. The summed E-state index contributed by atoms with van der Waals surface area (Å²) in [5, 5.41) is 7.49. The molecule has 2 amide bonds. The average Bonchev–Trinajstić information content (AvgIpc) is 3.38. The van der Waals surface area contributed by atoms with Gasteiger partial charge in [0.1, 0.15) is 0 Å². The summed E-state index contributed by atoms with van der Waals surface area (Å²) in [6.07, 6.45) is 4.17. The van der Waals surface area contributed by atoms with E-state index in [1.54, 1.807) is 0 Å². The maximum absolute atomic E-state index is 12.4. The van der Waals surface area contributed by atoms with E-state index in [2.05, 4.69) is 10.4 Å². The van der Waals surface area contributed by atoms with E-state index in [1.165, 1.54) is 0 Å². The van der Waals surface area contributed by atoms with Crippen LogP contribution in [0.15, 0.2) is 66.9 Å². The molecule has 148 valence electrons. The molecule has 0 bridgehead atoms. The normalized spacial score (nSPS) is 13.7. The number of hydrogen-bond acceptors (Lipinski definition) is 3. The van der Waals surface area contributed by atoms with Crippen molar-refractivity contribution in [1.29, 1.82) is 0 Å². The van der Waals surface area contributed by atoms with Gasteiger partial charge < -0.3 is 10.2 Å². The summed E-state index contributed by atoms with van der Waals surface area (Å²) in [5.74, 6) is 0.109. The number of hydrogen-bond donors (Lipinski definition) is 1. The first kappa shape index (κ1) is 18.9. The maximum atomic E-state index is 12.4. The van der Waals surface area contributed by atoms with Crippen molar-refractivity contribution in [3.8, 4) is 5.69 Å². The van der Waals surface area contributed by atoms with Crippen molar-refractivity contribution in [2.45, 2.75) is 25.8 Å². The summed E-state index contributed by atoms with van der Waals surface area (Å²) in [5.41, 5.74) is 3.61. The lowest BCUT2D eigenvalue weighted by molar-refractivity contribution is -0.128. The molecular weight excluding hydrogens is 364 g/mol. The molecule has 1 aromatic heterocycles. The molecule has 2 aromatic carbocycles. The van der Waals surface area contributed by atoms with Gasteiger partial charge in [-0.25, -0.2) is 4.68 Å². The van der Waals surface area contributed by atoms with Gasteiger partial charge in [-0.2, -0.15) is 5.10 Å². The van der Waals surface area contributed by atoms with E-state index < -0.39 is 0 Å². The van der Waals surface area contributed by atoms with Crippen LogP contribution in [0.1, 0.15) is 34.5 Å². The number of amides is 2. The minimum Gasteiger partial charge on any atom is -0.352 e. The van der Waals surface area contributed by atoms with Crippen LogP contribution >= 0.6 is 0 Å². The summed E-state index contributed by atoms with van der Waals surface area (Å²) in [7, 11) is 0. The van der Waals surface area contributed by atoms with Crippen LogP contribution in [0.3, 0.4) is 0 Å². The predicted octanol–water partition coefficient (Wildman–Crippen LogP) is 2.97. The Bertz CT molecular complexity index is 980. The molecular formula is C23H24N4O2. The molecule has 3 aromatic rings. The van der Waals surface area contributed by atoms with E-state index in [0.717, 1.165) is 29.9 Å². The Kier molecular flexibility index (Phi) is 5.70. The number of carbonyl (C=O) groups excluding carboxylic acids is 2. The van der Waals surface area contributed by atoms with E-state index in [-0.39, 0.29) is 11.8 Å². The number of aromatic nitrogens is 2. The number of likely N-dealkylation sites (tertiary alicyclic amines) is 1. The van der Waals surface area contributed by atoms with Gasteiger partial charge in [0.05, 0.1) is 11.4 Å². The highest BCUT2D eigenvalue weighted by atomic mass is 16.2. The van der Waals surface area contributed by atoms with Crippen LogP contribution in [0, 0.1) is 0 Å². The molecule has 0 spiro atoms. The van der Waals surface area contributed by atoms with Crippen molar-refractivity contribution in [2.24, 2.45) is 0 Å². The number of rotatable bonds is 7. The number of nitrogens with one attached hydrogen (secondary N) is 1. The molecule has 1 N–H and O–H groups in total. The lowest BCUT2D eigenvalue weighted by Gasteiger charge is -2.15. The molecule has 6 heteroatoms. The van der Waals surface area contributed by atoms with Gasteiger partial charge in [-0.15, -0.1) is 0 Å². The molecule has 1 fully saturated rings. The van der Waals surface area contributed by atoms with Gasteiger partial charge in [0.25, 0.3) is 5.91 Å². The van der Waals surface area contributed by atoms with Crippen LogP contribution < -0.4 is 5.32 Å². The molecule has 2 heterocycles. The van der Waals surface area contributed by atoms with Crippen LogP contribution in [-0.2, 0) is 17.8 Å².